The Bertz CT molecular complexity index is 507. The highest BCUT2D eigenvalue weighted by molar-refractivity contribution is 9.10. The van der Waals surface area contributed by atoms with Crippen LogP contribution < -0.4 is 5.32 Å². The molecular formula is C13H15BrFNO3. The second-order valence-electron chi connectivity index (χ2n) is 4.46. The van der Waals surface area contributed by atoms with Gasteiger partial charge in [-0.15, -0.1) is 0 Å². The number of amides is 1. The highest BCUT2D eigenvalue weighted by Gasteiger charge is 2.32. The van der Waals surface area contributed by atoms with Crippen LogP contribution in [0.2, 0.25) is 0 Å². The van der Waals surface area contributed by atoms with Gasteiger partial charge in [0.1, 0.15) is 11.4 Å². The zero-order valence-electron chi connectivity index (χ0n) is 10.7. The number of halogens is 2. The summed E-state index contributed by atoms with van der Waals surface area (Å²) in [7, 11) is 0. The molecule has 0 aliphatic rings. The van der Waals surface area contributed by atoms with E-state index in [2.05, 4.69) is 21.2 Å². The van der Waals surface area contributed by atoms with Crippen molar-refractivity contribution in [2.45, 2.75) is 32.2 Å². The van der Waals surface area contributed by atoms with Crippen molar-refractivity contribution < 1.29 is 19.1 Å². The number of rotatable bonds is 5. The Morgan fingerprint density at radius 1 is 1.47 bits per heavy atom. The highest BCUT2D eigenvalue weighted by Crippen LogP contribution is 2.17. The lowest BCUT2D eigenvalue weighted by Crippen LogP contribution is -2.52. The average molecular weight is 332 g/mol. The summed E-state index contributed by atoms with van der Waals surface area (Å²) >= 11 is 3.02. The fourth-order valence-corrected chi connectivity index (χ4v) is 1.73. The Balaban J connectivity index is 2.75. The van der Waals surface area contributed by atoms with Crippen molar-refractivity contribution in [1.82, 2.24) is 5.32 Å². The summed E-state index contributed by atoms with van der Waals surface area (Å²) in [6.07, 6.45) is 0.204. The molecular weight excluding hydrogens is 317 g/mol. The SMILES string of the molecule is CCC(C)(NC(=O)Cc1ccc(Br)c(F)c1)C(=O)O. The van der Waals surface area contributed by atoms with E-state index in [9.17, 15) is 14.0 Å². The first-order chi connectivity index (χ1) is 8.78. The predicted molar refractivity (Wildman–Crippen MR) is 72.3 cm³/mol. The van der Waals surface area contributed by atoms with Crippen LogP contribution in [-0.2, 0) is 16.0 Å². The maximum atomic E-state index is 13.3. The zero-order chi connectivity index (χ0) is 14.6. The molecule has 6 heteroatoms. The first-order valence-corrected chi connectivity index (χ1v) is 6.56. The van der Waals surface area contributed by atoms with Gasteiger partial charge in [0, 0.05) is 0 Å². The second kappa shape index (κ2) is 6.14. The summed E-state index contributed by atoms with van der Waals surface area (Å²) < 4.78 is 13.6. The van der Waals surface area contributed by atoms with E-state index in [1.54, 1.807) is 13.0 Å². The summed E-state index contributed by atoms with van der Waals surface area (Å²) in [6.45, 7) is 3.11. The summed E-state index contributed by atoms with van der Waals surface area (Å²) in [5, 5.41) is 11.5. The molecule has 0 aliphatic heterocycles. The molecule has 0 saturated carbocycles. The van der Waals surface area contributed by atoms with Crippen molar-refractivity contribution >= 4 is 27.8 Å². The minimum absolute atomic E-state index is 0.0624. The van der Waals surface area contributed by atoms with Gasteiger partial charge >= 0.3 is 5.97 Å². The van der Waals surface area contributed by atoms with E-state index in [-0.39, 0.29) is 12.8 Å². The normalized spacial score (nSPS) is 13.7. The topological polar surface area (TPSA) is 66.4 Å². The van der Waals surface area contributed by atoms with Crippen LogP contribution in [0.1, 0.15) is 25.8 Å². The van der Waals surface area contributed by atoms with Crippen LogP contribution in [0.15, 0.2) is 22.7 Å². The van der Waals surface area contributed by atoms with Crippen molar-refractivity contribution in [1.29, 1.82) is 0 Å². The molecule has 19 heavy (non-hydrogen) atoms. The van der Waals surface area contributed by atoms with Gasteiger partial charge in [-0.2, -0.15) is 0 Å². The number of nitrogens with one attached hydrogen (secondary N) is 1. The number of benzene rings is 1. The average Bonchev–Trinajstić information content (AvgIpc) is 2.33. The van der Waals surface area contributed by atoms with Gasteiger partial charge in [-0.1, -0.05) is 13.0 Å². The number of hydrogen-bond donors (Lipinski definition) is 2. The van der Waals surface area contributed by atoms with Gasteiger partial charge in [-0.25, -0.2) is 9.18 Å². The second-order valence-corrected chi connectivity index (χ2v) is 5.32. The molecule has 0 heterocycles. The van der Waals surface area contributed by atoms with Crippen LogP contribution >= 0.6 is 15.9 Å². The molecule has 0 bridgehead atoms. The Hall–Kier alpha value is -1.43. The maximum Gasteiger partial charge on any atom is 0.329 e. The van der Waals surface area contributed by atoms with Gasteiger partial charge in [0.15, 0.2) is 0 Å². The molecule has 1 atom stereocenters. The van der Waals surface area contributed by atoms with E-state index in [1.165, 1.54) is 19.1 Å². The molecule has 1 rings (SSSR count). The summed E-state index contributed by atoms with van der Waals surface area (Å²) in [5.41, 5.74) is -0.813. The monoisotopic (exact) mass is 331 g/mol. The van der Waals surface area contributed by atoms with Crippen molar-refractivity contribution in [3.8, 4) is 0 Å². The lowest BCUT2D eigenvalue weighted by molar-refractivity contribution is -0.146. The van der Waals surface area contributed by atoms with Gasteiger partial charge in [0.25, 0.3) is 0 Å². The lowest BCUT2D eigenvalue weighted by Gasteiger charge is -2.24. The molecule has 2 N–H and O–H groups in total. The van der Waals surface area contributed by atoms with Gasteiger partial charge in [-0.05, 0) is 47.0 Å². The minimum Gasteiger partial charge on any atom is -0.480 e. The molecule has 0 fully saturated rings. The summed E-state index contributed by atoms with van der Waals surface area (Å²) in [4.78, 5) is 22.8. The third-order valence-corrected chi connectivity index (χ3v) is 3.59. The maximum absolute atomic E-state index is 13.3. The van der Waals surface area contributed by atoms with E-state index in [1.807, 2.05) is 0 Å². The van der Waals surface area contributed by atoms with Crippen LogP contribution in [0.5, 0.6) is 0 Å². The molecule has 1 amide bonds. The summed E-state index contributed by atoms with van der Waals surface area (Å²) in [5.74, 6) is -2.00. The van der Waals surface area contributed by atoms with Crippen molar-refractivity contribution in [3.63, 3.8) is 0 Å². The number of hydrogen-bond acceptors (Lipinski definition) is 2. The van der Waals surface area contributed by atoms with Gasteiger partial charge < -0.3 is 10.4 Å². The molecule has 1 aromatic carbocycles. The minimum atomic E-state index is -1.30. The van der Waals surface area contributed by atoms with E-state index < -0.39 is 23.2 Å². The van der Waals surface area contributed by atoms with Crippen LogP contribution in [0, 0.1) is 5.82 Å². The molecule has 1 aromatic rings. The molecule has 0 radical (unpaired) electrons. The van der Waals surface area contributed by atoms with Crippen LogP contribution in [0.3, 0.4) is 0 Å². The Labute approximate surface area is 119 Å². The van der Waals surface area contributed by atoms with E-state index in [0.29, 0.717) is 10.0 Å². The quantitative estimate of drug-likeness (QED) is 0.871. The molecule has 0 spiro atoms. The number of carboxylic acids is 1. The molecule has 1 unspecified atom stereocenters. The fraction of sp³-hybridized carbons (Fsp3) is 0.385. The molecule has 0 saturated heterocycles. The molecule has 104 valence electrons. The number of carbonyl (C=O) groups excluding carboxylic acids is 1. The standard InChI is InChI=1S/C13H15BrFNO3/c1-3-13(2,12(18)19)16-11(17)7-8-4-5-9(14)10(15)6-8/h4-6H,3,7H2,1-2H3,(H,16,17)(H,18,19). The van der Waals surface area contributed by atoms with Gasteiger partial charge in [0.05, 0.1) is 10.9 Å². The fourth-order valence-electron chi connectivity index (χ4n) is 1.48. The van der Waals surface area contributed by atoms with Gasteiger partial charge in [-0.3, -0.25) is 4.79 Å². The third kappa shape index (κ3) is 4.02. The predicted octanol–water partition coefficient (Wildman–Crippen LogP) is 2.50. The Morgan fingerprint density at radius 3 is 2.58 bits per heavy atom. The first kappa shape index (κ1) is 15.6. The highest BCUT2D eigenvalue weighted by atomic mass is 79.9. The van der Waals surface area contributed by atoms with Crippen LogP contribution in [0.4, 0.5) is 4.39 Å². The first-order valence-electron chi connectivity index (χ1n) is 5.77. The van der Waals surface area contributed by atoms with E-state index >= 15 is 0 Å². The largest absolute Gasteiger partial charge is 0.480 e. The van der Waals surface area contributed by atoms with Crippen molar-refractivity contribution in [2.24, 2.45) is 0 Å². The third-order valence-electron chi connectivity index (χ3n) is 2.94. The van der Waals surface area contributed by atoms with Crippen LogP contribution in [0.25, 0.3) is 0 Å². The van der Waals surface area contributed by atoms with Gasteiger partial charge in [0.2, 0.25) is 5.91 Å². The van der Waals surface area contributed by atoms with Crippen molar-refractivity contribution in [3.05, 3.63) is 34.1 Å². The Kier molecular flexibility index (Phi) is 5.05. The van der Waals surface area contributed by atoms with E-state index in [4.69, 9.17) is 5.11 Å². The number of carbonyl (C=O) groups is 2. The molecule has 0 aliphatic carbocycles. The number of carboxylic acid groups (broad SMARTS) is 1. The smallest absolute Gasteiger partial charge is 0.329 e. The number of aliphatic carboxylic acids is 1. The molecule has 0 aromatic heterocycles. The lowest BCUT2D eigenvalue weighted by atomic mass is 9.98. The Morgan fingerprint density at radius 2 is 2.11 bits per heavy atom. The molecule has 4 nitrogen and oxygen atoms in total. The summed E-state index contributed by atoms with van der Waals surface area (Å²) in [6, 6.07) is 4.36. The van der Waals surface area contributed by atoms with E-state index in [0.717, 1.165) is 0 Å². The van der Waals surface area contributed by atoms with Crippen LogP contribution in [-0.4, -0.2) is 22.5 Å². The van der Waals surface area contributed by atoms with Crippen molar-refractivity contribution in [2.75, 3.05) is 0 Å². The zero-order valence-corrected chi connectivity index (χ0v) is 12.3.